The topological polar surface area (TPSA) is 46.3 Å². The second-order valence-corrected chi connectivity index (χ2v) is 4.81. The number of carbonyl (C=O) groups is 1. The number of amides is 1. The molecule has 0 heterocycles. The highest BCUT2D eigenvalue weighted by Crippen LogP contribution is 2.28. The van der Waals surface area contributed by atoms with Crippen molar-refractivity contribution in [3.63, 3.8) is 0 Å². The SMILES string of the molecule is CCN(C(=O)c1cccc(C#CCN)c1C)C1CC1. The zero-order valence-electron chi connectivity index (χ0n) is 11.6. The van der Waals surface area contributed by atoms with E-state index in [4.69, 9.17) is 5.73 Å². The number of nitrogens with zero attached hydrogens (tertiary/aromatic N) is 1. The summed E-state index contributed by atoms with van der Waals surface area (Å²) in [7, 11) is 0. The fraction of sp³-hybridized carbons (Fsp3) is 0.438. The van der Waals surface area contributed by atoms with Gasteiger partial charge < -0.3 is 10.6 Å². The van der Waals surface area contributed by atoms with Gasteiger partial charge in [-0.3, -0.25) is 4.79 Å². The average Bonchev–Trinajstić information content (AvgIpc) is 3.23. The van der Waals surface area contributed by atoms with Crippen molar-refractivity contribution in [2.24, 2.45) is 5.73 Å². The maximum atomic E-state index is 12.6. The molecule has 0 aliphatic heterocycles. The van der Waals surface area contributed by atoms with E-state index in [1.54, 1.807) is 0 Å². The lowest BCUT2D eigenvalue weighted by Crippen LogP contribution is -2.33. The molecule has 1 aliphatic rings. The highest BCUT2D eigenvalue weighted by atomic mass is 16.2. The monoisotopic (exact) mass is 256 g/mol. The Labute approximate surface area is 114 Å². The van der Waals surface area contributed by atoms with Crippen LogP contribution < -0.4 is 5.73 Å². The molecule has 0 saturated heterocycles. The summed E-state index contributed by atoms with van der Waals surface area (Å²) < 4.78 is 0. The lowest BCUT2D eigenvalue weighted by atomic mass is 10.0. The van der Waals surface area contributed by atoms with Gasteiger partial charge in [0, 0.05) is 23.7 Å². The molecule has 0 atom stereocenters. The van der Waals surface area contributed by atoms with Crippen molar-refractivity contribution in [1.82, 2.24) is 4.90 Å². The van der Waals surface area contributed by atoms with Crippen molar-refractivity contribution in [3.8, 4) is 11.8 Å². The zero-order chi connectivity index (χ0) is 13.8. The molecular weight excluding hydrogens is 236 g/mol. The highest BCUT2D eigenvalue weighted by molar-refractivity contribution is 5.96. The minimum Gasteiger partial charge on any atom is -0.336 e. The van der Waals surface area contributed by atoms with Crippen molar-refractivity contribution in [3.05, 3.63) is 34.9 Å². The van der Waals surface area contributed by atoms with Gasteiger partial charge in [-0.15, -0.1) is 0 Å². The lowest BCUT2D eigenvalue weighted by molar-refractivity contribution is 0.0752. The second-order valence-electron chi connectivity index (χ2n) is 4.81. The second kappa shape index (κ2) is 5.90. The fourth-order valence-corrected chi connectivity index (χ4v) is 2.26. The van der Waals surface area contributed by atoms with Crippen LogP contribution in [0.3, 0.4) is 0 Å². The Morgan fingerprint density at radius 2 is 2.21 bits per heavy atom. The molecule has 0 spiro atoms. The first-order chi connectivity index (χ1) is 9.19. The van der Waals surface area contributed by atoms with Crippen LogP contribution in [-0.2, 0) is 0 Å². The molecule has 19 heavy (non-hydrogen) atoms. The Bertz CT molecular complexity index is 535. The van der Waals surface area contributed by atoms with E-state index in [0.29, 0.717) is 12.6 Å². The first kappa shape index (κ1) is 13.6. The number of carbonyl (C=O) groups excluding carboxylic acids is 1. The van der Waals surface area contributed by atoms with E-state index in [-0.39, 0.29) is 5.91 Å². The predicted octanol–water partition coefficient (Wildman–Crippen LogP) is 1.93. The summed E-state index contributed by atoms with van der Waals surface area (Å²) in [5.41, 5.74) is 8.00. The minimum absolute atomic E-state index is 0.124. The molecule has 0 unspecified atom stereocenters. The van der Waals surface area contributed by atoms with Crippen LogP contribution >= 0.6 is 0 Å². The van der Waals surface area contributed by atoms with Crippen LogP contribution in [0.25, 0.3) is 0 Å². The van der Waals surface area contributed by atoms with Gasteiger partial charge in [-0.1, -0.05) is 17.9 Å². The largest absolute Gasteiger partial charge is 0.336 e. The molecule has 0 radical (unpaired) electrons. The van der Waals surface area contributed by atoms with Crippen molar-refractivity contribution >= 4 is 5.91 Å². The molecule has 1 fully saturated rings. The van der Waals surface area contributed by atoms with E-state index in [1.807, 2.05) is 36.9 Å². The van der Waals surface area contributed by atoms with Gasteiger partial charge in [0.25, 0.3) is 5.91 Å². The lowest BCUT2D eigenvalue weighted by Gasteiger charge is -2.21. The molecular formula is C16H20N2O. The Balaban J connectivity index is 2.31. The van der Waals surface area contributed by atoms with E-state index in [9.17, 15) is 4.79 Å². The molecule has 0 bridgehead atoms. The van der Waals surface area contributed by atoms with Crippen molar-refractivity contribution < 1.29 is 4.79 Å². The van der Waals surface area contributed by atoms with E-state index < -0.39 is 0 Å². The smallest absolute Gasteiger partial charge is 0.254 e. The Morgan fingerprint density at radius 1 is 1.47 bits per heavy atom. The average molecular weight is 256 g/mol. The molecule has 2 rings (SSSR count). The summed E-state index contributed by atoms with van der Waals surface area (Å²) in [6, 6.07) is 6.15. The van der Waals surface area contributed by atoms with Gasteiger partial charge in [0.15, 0.2) is 0 Å². The molecule has 0 aromatic heterocycles. The third kappa shape index (κ3) is 2.97. The van der Waals surface area contributed by atoms with E-state index in [1.165, 1.54) is 0 Å². The molecule has 3 nitrogen and oxygen atoms in total. The third-order valence-corrected chi connectivity index (χ3v) is 3.48. The molecule has 1 saturated carbocycles. The van der Waals surface area contributed by atoms with E-state index >= 15 is 0 Å². The summed E-state index contributed by atoms with van der Waals surface area (Å²) in [5.74, 6) is 5.99. The molecule has 1 amide bonds. The summed E-state index contributed by atoms with van der Waals surface area (Å²) >= 11 is 0. The predicted molar refractivity (Wildman–Crippen MR) is 76.8 cm³/mol. The fourth-order valence-electron chi connectivity index (χ4n) is 2.26. The molecule has 1 aromatic rings. The normalized spacial score (nSPS) is 13.6. The summed E-state index contributed by atoms with van der Waals surface area (Å²) in [6.07, 6.45) is 2.26. The Hall–Kier alpha value is -1.79. The van der Waals surface area contributed by atoms with Crippen LogP contribution in [0.1, 0.15) is 41.3 Å². The van der Waals surface area contributed by atoms with Crippen molar-refractivity contribution in [1.29, 1.82) is 0 Å². The van der Waals surface area contributed by atoms with Gasteiger partial charge >= 0.3 is 0 Å². The van der Waals surface area contributed by atoms with Gasteiger partial charge in [-0.25, -0.2) is 0 Å². The van der Waals surface area contributed by atoms with Gasteiger partial charge in [0.2, 0.25) is 0 Å². The first-order valence-electron chi connectivity index (χ1n) is 6.78. The van der Waals surface area contributed by atoms with Gasteiger partial charge in [0.1, 0.15) is 0 Å². The zero-order valence-corrected chi connectivity index (χ0v) is 11.6. The third-order valence-electron chi connectivity index (χ3n) is 3.48. The molecule has 100 valence electrons. The van der Waals surface area contributed by atoms with Crippen LogP contribution in [0, 0.1) is 18.8 Å². The number of nitrogens with two attached hydrogens (primary N) is 1. The van der Waals surface area contributed by atoms with Gasteiger partial charge in [-0.2, -0.15) is 0 Å². The number of rotatable bonds is 3. The molecule has 2 N–H and O–H groups in total. The highest BCUT2D eigenvalue weighted by Gasteiger charge is 2.32. The van der Waals surface area contributed by atoms with Gasteiger partial charge in [-0.05, 0) is 44.4 Å². The molecule has 1 aromatic carbocycles. The van der Waals surface area contributed by atoms with Crippen LogP contribution in [0.4, 0.5) is 0 Å². The first-order valence-corrected chi connectivity index (χ1v) is 6.78. The van der Waals surface area contributed by atoms with Gasteiger partial charge in [0.05, 0.1) is 6.54 Å². The maximum Gasteiger partial charge on any atom is 0.254 e. The van der Waals surface area contributed by atoms with Crippen molar-refractivity contribution in [2.45, 2.75) is 32.7 Å². The minimum atomic E-state index is 0.124. The van der Waals surface area contributed by atoms with Crippen LogP contribution in [0.2, 0.25) is 0 Å². The van der Waals surface area contributed by atoms with Crippen LogP contribution in [0.15, 0.2) is 18.2 Å². The Morgan fingerprint density at radius 3 is 2.79 bits per heavy atom. The molecule has 1 aliphatic carbocycles. The van der Waals surface area contributed by atoms with E-state index in [0.717, 1.165) is 36.1 Å². The van der Waals surface area contributed by atoms with Crippen LogP contribution in [-0.4, -0.2) is 29.9 Å². The number of hydrogen-bond acceptors (Lipinski definition) is 2. The molecule has 3 heteroatoms. The van der Waals surface area contributed by atoms with Crippen molar-refractivity contribution in [2.75, 3.05) is 13.1 Å². The quantitative estimate of drug-likeness (QED) is 0.840. The maximum absolute atomic E-state index is 12.6. The summed E-state index contributed by atoms with van der Waals surface area (Å²) in [5, 5.41) is 0. The summed E-state index contributed by atoms with van der Waals surface area (Å²) in [6.45, 7) is 5.08. The van der Waals surface area contributed by atoms with E-state index in [2.05, 4.69) is 11.8 Å². The number of hydrogen-bond donors (Lipinski definition) is 1. The number of benzene rings is 1. The van der Waals surface area contributed by atoms with Crippen LogP contribution in [0.5, 0.6) is 0 Å². The standard InChI is InChI=1S/C16H20N2O/c1-3-18(14-9-10-14)16(19)15-8-4-6-13(12(15)2)7-5-11-17/h4,6,8,14H,3,9-11,17H2,1-2H3. The summed E-state index contributed by atoms with van der Waals surface area (Å²) in [4.78, 5) is 14.5. The Kier molecular flexibility index (Phi) is 4.24.